The lowest BCUT2D eigenvalue weighted by Crippen LogP contribution is -2.02. The molecule has 0 aliphatic heterocycles. The Morgan fingerprint density at radius 3 is 2.82 bits per heavy atom. The lowest BCUT2D eigenvalue weighted by atomic mass is 10.2. The van der Waals surface area contributed by atoms with Crippen LogP contribution >= 0.6 is 11.6 Å². The van der Waals surface area contributed by atoms with Gasteiger partial charge in [-0.2, -0.15) is 5.10 Å². The number of methoxy groups -OCH3 is 1. The van der Waals surface area contributed by atoms with E-state index in [-0.39, 0.29) is 5.82 Å². The highest BCUT2D eigenvalue weighted by Crippen LogP contribution is 2.22. The van der Waals surface area contributed by atoms with Crippen LogP contribution in [-0.2, 0) is 5.88 Å². The average Bonchev–Trinajstić information content (AvgIpc) is 2.71. The van der Waals surface area contributed by atoms with Crippen molar-refractivity contribution in [3.63, 3.8) is 0 Å². The minimum Gasteiger partial charge on any atom is -0.497 e. The van der Waals surface area contributed by atoms with Gasteiger partial charge >= 0.3 is 0 Å². The van der Waals surface area contributed by atoms with Crippen molar-refractivity contribution in [2.24, 2.45) is 0 Å². The number of hydrogen-bond donors (Lipinski definition) is 0. The summed E-state index contributed by atoms with van der Waals surface area (Å²) in [7, 11) is 1.54. The van der Waals surface area contributed by atoms with Crippen LogP contribution in [-0.4, -0.2) is 16.9 Å². The molecule has 0 spiro atoms. The Morgan fingerprint density at radius 2 is 2.24 bits per heavy atom. The first kappa shape index (κ1) is 11.9. The summed E-state index contributed by atoms with van der Waals surface area (Å²) in [6, 6.07) is 4.53. The number of rotatable bonds is 3. The summed E-state index contributed by atoms with van der Waals surface area (Å²) in [6.45, 7) is 1.85. The van der Waals surface area contributed by atoms with E-state index >= 15 is 0 Å². The molecule has 3 nitrogen and oxygen atoms in total. The lowest BCUT2D eigenvalue weighted by molar-refractivity contribution is 0.413. The molecule has 5 heteroatoms. The van der Waals surface area contributed by atoms with Gasteiger partial charge in [-0.15, -0.1) is 11.6 Å². The van der Waals surface area contributed by atoms with Gasteiger partial charge in [0.2, 0.25) is 0 Å². The Bertz CT molecular complexity index is 539. The first-order valence-corrected chi connectivity index (χ1v) is 5.64. The van der Waals surface area contributed by atoms with Gasteiger partial charge in [-0.05, 0) is 19.1 Å². The SMILES string of the molecule is COc1ccc(F)c(-n2ncc(CCl)c2C)c1. The normalized spacial score (nSPS) is 10.6. The van der Waals surface area contributed by atoms with Gasteiger partial charge < -0.3 is 4.74 Å². The molecule has 0 aliphatic carbocycles. The van der Waals surface area contributed by atoms with E-state index in [1.54, 1.807) is 18.3 Å². The molecule has 0 N–H and O–H groups in total. The van der Waals surface area contributed by atoms with Crippen LogP contribution in [0.25, 0.3) is 5.69 Å². The van der Waals surface area contributed by atoms with Crippen molar-refractivity contribution in [1.82, 2.24) is 9.78 Å². The van der Waals surface area contributed by atoms with E-state index in [1.807, 2.05) is 6.92 Å². The largest absolute Gasteiger partial charge is 0.497 e. The monoisotopic (exact) mass is 254 g/mol. The van der Waals surface area contributed by atoms with E-state index in [0.29, 0.717) is 17.3 Å². The zero-order valence-electron chi connectivity index (χ0n) is 9.58. The molecule has 17 heavy (non-hydrogen) atoms. The number of alkyl halides is 1. The molecule has 0 unspecified atom stereocenters. The first-order chi connectivity index (χ1) is 8.17. The summed E-state index contributed by atoms with van der Waals surface area (Å²) in [5.74, 6) is 0.596. The number of benzene rings is 1. The zero-order chi connectivity index (χ0) is 12.4. The van der Waals surface area contributed by atoms with Crippen LogP contribution in [0.4, 0.5) is 4.39 Å². The predicted molar refractivity (Wildman–Crippen MR) is 64.4 cm³/mol. The molecule has 2 rings (SSSR count). The lowest BCUT2D eigenvalue weighted by Gasteiger charge is -2.08. The summed E-state index contributed by atoms with van der Waals surface area (Å²) in [5, 5.41) is 4.13. The second-order valence-corrected chi connectivity index (χ2v) is 3.89. The van der Waals surface area contributed by atoms with Crippen molar-refractivity contribution in [3.05, 3.63) is 41.5 Å². The van der Waals surface area contributed by atoms with Crippen LogP contribution < -0.4 is 4.74 Å². The van der Waals surface area contributed by atoms with E-state index in [0.717, 1.165) is 11.3 Å². The van der Waals surface area contributed by atoms with E-state index < -0.39 is 0 Å². The van der Waals surface area contributed by atoms with Crippen molar-refractivity contribution < 1.29 is 9.13 Å². The van der Waals surface area contributed by atoms with Gasteiger partial charge in [0.05, 0.1) is 19.2 Å². The number of hydrogen-bond acceptors (Lipinski definition) is 2. The third-order valence-electron chi connectivity index (χ3n) is 2.64. The van der Waals surface area contributed by atoms with Crippen molar-refractivity contribution in [2.45, 2.75) is 12.8 Å². The minimum atomic E-state index is -0.349. The zero-order valence-corrected chi connectivity index (χ0v) is 10.3. The second kappa shape index (κ2) is 4.75. The van der Waals surface area contributed by atoms with E-state index in [2.05, 4.69) is 5.10 Å². The summed E-state index contributed by atoms with van der Waals surface area (Å²) >= 11 is 5.76. The molecule has 0 saturated carbocycles. The van der Waals surface area contributed by atoms with Crippen molar-refractivity contribution in [1.29, 1.82) is 0 Å². The number of halogens is 2. The number of ether oxygens (including phenoxy) is 1. The molecule has 1 aromatic heterocycles. The quantitative estimate of drug-likeness (QED) is 0.787. The van der Waals surface area contributed by atoms with Crippen LogP contribution in [0.2, 0.25) is 0 Å². The van der Waals surface area contributed by atoms with Crippen molar-refractivity contribution in [3.8, 4) is 11.4 Å². The molecule has 0 radical (unpaired) electrons. The van der Waals surface area contributed by atoms with E-state index in [4.69, 9.17) is 16.3 Å². The molecule has 0 fully saturated rings. The molecule has 0 atom stereocenters. The highest BCUT2D eigenvalue weighted by atomic mass is 35.5. The van der Waals surface area contributed by atoms with E-state index in [1.165, 1.54) is 17.9 Å². The molecule has 2 aromatic rings. The third-order valence-corrected chi connectivity index (χ3v) is 2.92. The van der Waals surface area contributed by atoms with Crippen LogP contribution in [0.5, 0.6) is 5.75 Å². The summed E-state index contributed by atoms with van der Waals surface area (Å²) in [5.41, 5.74) is 2.07. The molecule has 0 bridgehead atoms. The fourth-order valence-corrected chi connectivity index (χ4v) is 1.86. The minimum absolute atomic E-state index is 0.349. The molecule has 1 aromatic carbocycles. The van der Waals surface area contributed by atoms with Crippen molar-refractivity contribution >= 4 is 11.6 Å². The van der Waals surface area contributed by atoms with E-state index in [9.17, 15) is 4.39 Å². The van der Waals surface area contributed by atoms with Crippen LogP contribution in [0.15, 0.2) is 24.4 Å². The van der Waals surface area contributed by atoms with Gasteiger partial charge in [0.1, 0.15) is 17.3 Å². The maximum absolute atomic E-state index is 13.7. The molecule has 90 valence electrons. The van der Waals surface area contributed by atoms with Gasteiger partial charge in [-0.25, -0.2) is 9.07 Å². The Kier molecular flexibility index (Phi) is 3.33. The summed E-state index contributed by atoms with van der Waals surface area (Å²) in [4.78, 5) is 0. The standard InChI is InChI=1S/C12H12ClFN2O/c1-8-9(6-13)7-15-16(8)12-5-10(17-2)3-4-11(12)14/h3-5,7H,6H2,1-2H3. The highest BCUT2D eigenvalue weighted by Gasteiger charge is 2.12. The second-order valence-electron chi connectivity index (χ2n) is 3.62. The molecule has 0 amide bonds. The maximum atomic E-state index is 13.7. The molecular weight excluding hydrogens is 243 g/mol. The molecule has 0 aliphatic rings. The number of nitrogens with zero attached hydrogens (tertiary/aromatic N) is 2. The Hall–Kier alpha value is -1.55. The van der Waals surface area contributed by atoms with Gasteiger partial charge in [0, 0.05) is 17.3 Å². The summed E-state index contributed by atoms with van der Waals surface area (Å²) < 4.78 is 20.3. The van der Waals surface area contributed by atoms with Gasteiger partial charge in [0.25, 0.3) is 0 Å². The third kappa shape index (κ3) is 2.13. The van der Waals surface area contributed by atoms with Crippen LogP contribution in [0.3, 0.4) is 0 Å². The first-order valence-electron chi connectivity index (χ1n) is 5.10. The molecule has 0 saturated heterocycles. The Balaban J connectivity index is 2.55. The predicted octanol–water partition coefficient (Wildman–Crippen LogP) is 3.07. The Labute approximate surface area is 104 Å². The Morgan fingerprint density at radius 1 is 1.47 bits per heavy atom. The average molecular weight is 255 g/mol. The fraction of sp³-hybridized carbons (Fsp3) is 0.250. The van der Waals surface area contributed by atoms with Gasteiger partial charge in [-0.3, -0.25) is 0 Å². The van der Waals surface area contributed by atoms with Crippen LogP contribution in [0.1, 0.15) is 11.3 Å². The smallest absolute Gasteiger partial charge is 0.149 e. The van der Waals surface area contributed by atoms with Gasteiger partial charge in [-0.1, -0.05) is 0 Å². The number of aromatic nitrogens is 2. The molecular formula is C12H12ClFN2O. The molecule has 1 heterocycles. The van der Waals surface area contributed by atoms with Gasteiger partial charge in [0.15, 0.2) is 0 Å². The highest BCUT2D eigenvalue weighted by molar-refractivity contribution is 6.17. The van der Waals surface area contributed by atoms with Crippen LogP contribution in [0, 0.1) is 12.7 Å². The van der Waals surface area contributed by atoms with Crippen molar-refractivity contribution in [2.75, 3.05) is 7.11 Å². The topological polar surface area (TPSA) is 27.1 Å². The summed E-state index contributed by atoms with van der Waals surface area (Å²) in [6.07, 6.45) is 1.64. The fourth-order valence-electron chi connectivity index (χ4n) is 1.60. The maximum Gasteiger partial charge on any atom is 0.149 e.